The van der Waals surface area contributed by atoms with Gasteiger partial charge in [0.1, 0.15) is 11.5 Å². The number of nitrogens with zero attached hydrogens (tertiary/aromatic N) is 1. The summed E-state index contributed by atoms with van der Waals surface area (Å²) in [6.07, 6.45) is 0.429. The van der Waals surface area contributed by atoms with Crippen LogP contribution in [0, 0.1) is 5.82 Å². The van der Waals surface area contributed by atoms with Crippen molar-refractivity contribution in [2.45, 2.75) is 0 Å². The molecule has 0 atom stereocenters. The van der Waals surface area contributed by atoms with Crippen LogP contribution in [0.3, 0.4) is 0 Å². The zero-order chi connectivity index (χ0) is 11.0. The zero-order valence-corrected chi connectivity index (χ0v) is 7.32. The van der Waals surface area contributed by atoms with Gasteiger partial charge in [-0.05, 0) is 12.1 Å². The van der Waals surface area contributed by atoms with E-state index in [9.17, 15) is 14.0 Å². The van der Waals surface area contributed by atoms with Gasteiger partial charge in [-0.15, -0.1) is 0 Å². The fourth-order valence-electron chi connectivity index (χ4n) is 1.33. The Balaban J connectivity index is 2.80. The Bertz CT molecular complexity index is 562. The number of aromatic carboxylic acids is 1. The van der Waals surface area contributed by atoms with Crippen molar-refractivity contribution in [3.63, 3.8) is 0 Å². The highest BCUT2D eigenvalue weighted by atomic mass is 19.1. The summed E-state index contributed by atoms with van der Waals surface area (Å²) in [5.41, 5.74) is -0.0853. The maximum absolute atomic E-state index is 13.4. The lowest BCUT2D eigenvalue weighted by molar-refractivity contribution is 0.0696. The molecule has 0 radical (unpaired) electrons. The summed E-state index contributed by atoms with van der Waals surface area (Å²) in [5, 5.41) is 14.6. The number of fused-ring (bicyclic) bond motifs is 1. The minimum absolute atomic E-state index is 0.000520. The molecule has 0 bridgehead atoms. The molecule has 2 aromatic rings. The third-order valence-electron chi connectivity index (χ3n) is 2.00. The molecule has 0 amide bonds. The van der Waals surface area contributed by atoms with E-state index in [1.165, 1.54) is 6.07 Å². The second-order valence-corrected chi connectivity index (χ2v) is 2.91. The number of carbonyl (C=O) groups excluding carboxylic acids is 1. The van der Waals surface area contributed by atoms with Gasteiger partial charge in [0.2, 0.25) is 0 Å². The summed E-state index contributed by atoms with van der Waals surface area (Å²) in [6, 6.07) is 2.05. The lowest BCUT2D eigenvalue weighted by Crippen LogP contribution is -1.97. The van der Waals surface area contributed by atoms with E-state index in [2.05, 4.69) is 10.2 Å². The average Bonchev–Trinajstić information content (AvgIpc) is 2.60. The largest absolute Gasteiger partial charge is 0.478 e. The molecule has 2 N–H and O–H groups in total. The molecule has 0 fully saturated rings. The molecule has 0 saturated heterocycles. The van der Waals surface area contributed by atoms with E-state index in [-0.39, 0.29) is 22.2 Å². The normalized spacial score (nSPS) is 10.5. The van der Waals surface area contributed by atoms with Crippen molar-refractivity contribution in [3.8, 4) is 0 Å². The number of H-pyrrole nitrogens is 1. The number of carbonyl (C=O) groups is 2. The van der Waals surface area contributed by atoms with Crippen LogP contribution in [0.4, 0.5) is 4.39 Å². The molecule has 1 aromatic heterocycles. The van der Waals surface area contributed by atoms with E-state index >= 15 is 0 Å². The van der Waals surface area contributed by atoms with Crippen molar-refractivity contribution >= 4 is 23.2 Å². The highest BCUT2D eigenvalue weighted by molar-refractivity contribution is 5.99. The SMILES string of the molecule is O=Cc1[nH]nc2cc(C(=O)O)cc(F)c12. The second kappa shape index (κ2) is 3.16. The van der Waals surface area contributed by atoms with Gasteiger partial charge in [0.25, 0.3) is 0 Å². The number of aldehydes is 1. The molecule has 0 aliphatic carbocycles. The first-order valence-electron chi connectivity index (χ1n) is 3.99. The minimum atomic E-state index is -1.24. The smallest absolute Gasteiger partial charge is 0.335 e. The van der Waals surface area contributed by atoms with Crippen molar-refractivity contribution in [2.24, 2.45) is 0 Å². The third-order valence-corrected chi connectivity index (χ3v) is 2.00. The second-order valence-electron chi connectivity index (χ2n) is 2.91. The Hall–Kier alpha value is -2.24. The van der Waals surface area contributed by atoms with Crippen LogP contribution in [0.15, 0.2) is 12.1 Å². The summed E-state index contributed by atoms with van der Waals surface area (Å²) in [5.74, 6) is -2.02. The molecule has 0 unspecified atom stereocenters. The number of carboxylic acid groups (broad SMARTS) is 1. The van der Waals surface area contributed by atoms with E-state index in [0.717, 1.165) is 6.07 Å². The molecule has 0 spiro atoms. The molecule has 2 rings (SSSR count). The molecule has 1 heterocycles. The van der Waals surface area contributed by atoms with Gasteiger partial charge < -0.3 is 5.11 Å². The Morgan fingerprint density at radius 3 is 2.87 bits per heavy atom. The first kappa shape index (κ1) is 9.32. The number of nitrogens with one attached hydrogen (secondary N) is 1. The van der Waals surface area contributed by atoms with Gasteiger partial charge in [-0.2, -0.15) is 5.10 Å². The summed E-state index contributed by atoms with van der Waals surface area (Å²) < 4.78 is 13.4. The van der Waals surface area contributed by atoms with E-state index in [4.69, 9.17) is 5.11 Å². The van der Waals surface area contributed by atoms with Gasteiger partial charge in [0, 0.05) is 0 Å². The Labute approximate surface area is 82.5 Å². The Morgan fingerprint density at radius 1 is 1.53 bits per heavy atom. The van der Waals surface area contributed by atoms with Crippen LogP contribution in [0.5, 0.6) is 0 Å². The number of aromatic nitrogens is 2. The number of benzene rings is 1. The van der Waals surface area contributed by atoms with Crippen LogP contribution < -0.4 is 0 Å². The van der Waals surface area contributed by atoms with Gasteiger partial charge in [-0.25, -0.2) is 9.18 Å². The minimum Gasteiger partial charge on any atom is -0.478 e. The summed E-state index contributed by atoms with van der Waals surface area (Å²) in [4.78, 5) is 21.1. The highest BCUT2D eigenvalue weighted by Crippen LogP contribution is 2.20. The van der Waals surface area contributed by atoms with Crippen LogP contribution >= 0.6 is 0 Å². The fraction of sp³-hybridized carbons (Fsp3) is 0. The first-order valence-corrected chi connectivity index (χ1v) is 3.99. The zero-order valence-electron chi connectivity index (χ0n) is 7.32. The molecule has 6 heteroatoms. The number of rotatable bonds is 2. The van der Waals surface area contributed by atoms with Gasteiger partial charge in [0.05, 0.1) is 16.5 Å². The first-order chi connectivity index (χ1) is 7.13. The van der Waals surface area contributed by atoms with E-state index in [0.29, 0.717) is 6.29 Å². The molecule has 1 aromatic carbocycles. The predicted molar refractivity (Wildman–Crippen MR) is 48.4 cm³/mol. The molecule has 76 valence electrons. The summed E-state index contributed by atoms with van der Waals surface area (Å²) in [7, 11) is 0. The quantitative estimate of drug-likeness (QED) is 0.726. The standard InChI is InChI=1S/C9H5FN2O3/c10-5-1-4(9(14)15)2-6-8(5)7(3-13)12-11-6/h1-3H,(H,11,12)(H,14,15). The van der Waals surface area contributed by atoms with Crippen LogP contribution in [-0.4, -0.2) is 27.6 Å². The highest BCUT2D eigenvalue weighted by Gasteiger charge is 2.14. The topological polar surface area (TPSA) is 83.0 Å². The predicted octanol–water partition coefficient (Wildman–Crippen LogP) is 1.21. The Kier molecular flexibility index (Phi) is 1.96. The summed E-state index contributed by atoms with van der Waals surface area (Å²) in [6.45, 7) is 0. The molecule has 0 saturated carbocycles. The number of aromatic amines is 1. The van der Waals surface area contributed by atoms with E-state index in [1.54, 1.807) is 0 Å². The van der Waals surface area contributed by atoms with Crippen molar-refractivity contribution in [1.29, 1.82) is 0 Å². The van der Waals surface area contributed by atoms with Gasteiger partial charge >= 0.3 is 5.97 Å². The van der Waals surface area contributed by atoms with Crippen LogP contribution in [0.2, 0.25) is 0 Å². The molecule has 0 aliphatic rings. The molecular formula is C9H5FN2O3. The van der Waals surface area contributed by atoms with Gasteiger partial charge in [0.15, 0.2) is 6.29 Å². The lowest BCUT2D eigenvalue weighted by atomic mass is 10.1. The maximum atomic E-state index is 13.4. The van der Waals surface area contributed by atoms with Crippen molar-refractivity contribution < 1.29 is 19.1 Å². The van der Waals surface area contributed by atoms with E-state index < -0.39 is 11.8 Å². The number of carboxylic acids is 1. The van der Waals surface area contributed by atoms with Gasteiger partial charge in [-0.1, -0.05) is 0 Å². The average molecular weight is 208 g/mol. The number of hydrogen-bond donors (Lipinski definition) is 2. The van der Waals surface area contributed by atoms with Crippen LogP contribution in [0.25, 0.3) is 10.9 Å². The maximum Gasteiger partial charge on any atom is 0.335 e. The van der Waals surface area contributed by atoms with Crippen LogP contribution in [0.1, 0.15) is 20.8 Å². The molecule has 5 nitrogen and oxygen atoms in total. The fourth-order valence-corrected chi connectivity index (χ4v) is 1.33. The molecule has 15 heavy (non-hydrogen) atoms. The molecular weight excluding hydrogens is 203 g/mol. The molecule has 0 aliphatic heterocycles. The van der Waals surface area contributed by atoms with Crippen molar-refractivity contribution in [1.82, 2.24) is 10.2 Å². The Morgan fingerprint density at radius 2 is 2.27 bits per heavy atom. The van der Waals surface area contributed by atoms with Crippen molar-refractivity contribution in [3.05, 3.63) is 29.2 Å². The number of hydrogen-bond acceptors (Lipinski definition) is 3. The van der Waals surface area contributed by atoms with Gasteiger partial charge in [-0.3, -0.25) is 9.89 Å². The number of halogens is 1. The van der Waals surface area contributed by atoms with Crippen molar-refractivity contribution in [2.75, 3.05) is 0 Å². The summed E-state index contributed by atoms with van der Waals surface area (Å²) >= 11 is 0. The monoisotopic (exact) mass is 208 g/mol. The lowest BCUT2D eigenvalue weighted by Gasteiger charge is -1.96. The van der Waals surface area contributed by atoms with Crippen LogP contribution in [-0.2, 0) is 0 Å². The third kappa shape index (κ3) is 1.35. The van der Waals surface area contributed by atoms with E-state index in [1.807, 2.05) is 0 Å².